The lowest BCUT2D eigenvalue weighted by atomic mass is 9.71. The molecule has 4 N–H and O–H groups in total. The molecule has 0 radical (unpaired) electrons. The predicted octanol–water partition coefficient (Wildman–Crippen LogP) is 0.588. The van der Waals surface area contributed by atoms with E-state index in [4.69, 9.17) is 0 Å². The second-order valence-electron chi connectivity index (χ2n) is 6.73. The number of hydrogen-bond acceptors (Lipinski definition) is 7. The molecule has 156 valence electrons. The molecule has 2 rings (SSSR count). The fourth-order valence-electron chi connectivity index (χ4n) is 3.69. The van der Waals surface area contributed by atoms with Crippen molar-refractivity contribution >= 4 is 35.8 Å². The Morgan fingerprint density at radius 1 is 0.690 bits per heavy atom. The van der Waals surface area contributed by atoms with Crippen LogP contribution < -0.4 is 0 Å². The maximum absolute atomic E-state index is 12.7. The minimum atomic E-state index is -2.71. The number of aliphatic carboxylic acids is 4. The molecule has 29 heavy (non-hydrogen) atoms. The molecule has 0 aromatic carbocycles. The molecule has 0 aromatic rings. The van der Waals surface area contributed by atoms with E-state index in [2.05, 4.69) is 4.74 Å². The van der Waals surface area contributed by atoms with Crippen LogP contribution in [-0.4, -0.2) is 56.2 Å². The van der Waals surface area contributed by atoms with E-state index >= 15 is 0 Å². The molecule has 0 fully saturated rings. The summed E-state index contributed by atoms with van der Waals surface area (Å²) in [6, 6.07) is 0. The van der Waals surface area contributed by atoms with Crippen molar-refractivity contribution in [1.29, 1.82) is 0 Å². The zero-order chi connectivity index (χ0) is 22.0. The first-order valence-electron chi connectivity index (χ1n) is 8.63. The Labute approximate surface area is 163 Å². The van der Waals surface area contributed by atoms with Gasteiger partial charge in [0, 0.05) is 0 Å². The van der Waals surface area contributed by atoms with Gasteiger partial charge in [0.2, 0.25) is 0 Å². The van der Waals surface area contributed by atoms with Gasteiger partial charge in [-0.2, -0.15) is 0 Å². The van der Waals surface area contributed by atoms with Gasteiger partial charge in [0.15, 0.2) is 10.8 Å². The van der Waals surface area contributed by atoms with Gasteiger partial charge in [-0.3, -0.25) is 9.59 Å². The van der Waals surface area contributed by atoms with Gasteiger partial charge in [0.1, 0.15) is 0 Å². The summed E-state index contributed by atoms with van der Waals surface area (Å²) in [6.07, 6.45) is 1.69. The third-order valence-electron chi connectivity index (χ3n) is 5.20. The van der Waals surface area contributed by atoms with Crippen molar-refractivity contribution in [3.63, 3.8) is 0 Å². The first kappa shape index (κ1) is 21.8. The molecule has 0 amide bonds. The number of hydrogen-bond donors (Lipinski definition) is 4. The highest BCUT2D eigenvalue weighted by Crippen LogP contribution is 2.43. The van der Waals surface area contributed by atoms with Crippen LogP contribution in [0, 0.1) is 10.8 Å². The number of rotatable bonds is 6. The van der Waals surface area contributed by atoms with E-state index in [1.54, 1.807) is 0 Å². The van der Waals surface area contributed by atoms with Crippen LogP contribution in [0.5, 0.6) is 0 Å². The largest absolute Gasteiger partial charge is 0.480 e. The zero-order valence-electron chi connectivity index (χ0n) is 15.0. The zero-order valence-corrected chi connectivity index (χ0v) is 15.0. The van der Waals surface area contributed by atoms with Gasteiger partial charge in [-0.1, -0.05) is 12.2 Å². The maximum atomic E-state index is 12.7. The maximum Gasteiger partial charge on any atom is 0.336 e. The van der Waals surface area contributed by atoms with Crippen LogP contribution in [0.25, 0.3) is 0 Å². The number of ether oxygens (including phenoxy) is 1. The third kappa shape index (κ3) is 3.39. The summed E-state index contributed by atoms with van der Waals surface area (Å²) in [6.45, 7) is 0. The average Bonchev–Trinajstić information content (AvgIpc) is 2.66. The van der Waals surface area contributed by atoms with Gasteiger partial charge in [-0.15, -0.1) is 0 Å². The van der Waals surface area contributed by atoms with Crippen LogP contribution in [0.2, 0.25) is 0 Å². The minimum absolute atomic E-state index is 0.108. The Morgan fingerprint density at radius 2 is 1.03 bits per heavy atom. The normalized spacial score (nSPS) is 26.5. The number of allylic oxidation sites excluding steroid dienone is 2. The van der Waals surface area contributed by atoms with Crippen molar-refractivity contribution in [3.8, 4) is 0 Å². The molecule has 0 spiro atoms. The lowest BCUT2D eigenvalue weighted by Gasteiger charge is -2.33. The van der Waals surface area contributed by atoms with Crippen molar-refractivity contribution in [2.24, 2.45) is 10.8 Å². The van der Waals surface area contributed by atoms with Crippen LogP contribution >= 0.6 is 0 Å². The van der Waals surface area contributed by atoms with E-state index in [9.17, 15) is 49.2 Å². The Balaban J connectivity index is 2.50. The highest BCUT2D eigenvalue weighted by atomic mass is 16.6. The van der Waals surface area contributed by atoms with Crippen molar-refractivity contribution in [2.45, 2.75) is 38.5 Å². The molecule has 2 unspecified atom stereocenters. The molecule has 0 saturated carbocycles. The molecule has 11 nitrogen and oxygen atoms in total. The summed E-state index contributed by atoms with van der Waals surface area (Å²) in [4.78, 5) is 72.0. The first-order valence-corrected chi connectivity index (χ1v) is 8.63. The number of carbonyl (C=O) groups is 6. The molecule has 2 aliphatic carbocycles. The van der Waals surface area contributed by atoms with Gasteiger partial charge in [0.05, 0.1) is 11.1 Å². The molecule has 0 bridgehead atoms. The smallest absolute Gasteiger partial charge is 0.336 e. The summed E-state index contributed by atoms with van der Waals surface area (Å²) in [5.41, 5.74) is -7.00. The van der Waals surface area contributed by atoms with Gasteiger partial charge < -0.3 is 25.2 Å². The number of carboxylic acid groups (broad SMARTS) is 4. The molecule has 0 aliphatic heterocycles. The Kier molecular flexibility index (Phi) is 5.90. The van der Waals surface area contributed by atoms with Crippen LogP contribution in [0.15, 0.2) is 23.3 Å². The van der Waals surface area contributed by atoms with Crippen molar-refractivity contribution in [1.82, 2.24) is 0 Å². The van der Waals surface area contributed by atoms with Crippen LogP contribution in [0.4, 0.5) is 0 Å². The Hall–Kier alpha value is -3.50. The second-order valence-corrected chi connectivity index (χ2v) is 6.73. The molecular formula is C18H18O11. The quantitative estimate of drug-likeness (QED) is 0.353. The van der Waals surface area contributed by atoms with E-state index in [-0.39, 0.29) is 25.7 Å². The molecule has 11 heteroatoms. The number of carboxylic acids is 4. The molecule has 0 saturated heterocycles. The Morgan fingerprint density at radius 3 is 1.31 bits per heavy atom. The lowest BCUT2D eigenvalue weighted by Crippen LogP contribution is -2.51. The van der Waals surface area contributed by atoms with Crippen LogP contribution in [0.3, 0.4) is 0 Å². The van der Waals surface area contributed by atoms with Gasteiger partial charge in [-0.05, 0) is 38.5 Å². The van der Waals surface area contributed by atoms with E-state index < -0.39 is 70.6 Å². The van der Waals surface area contributed by atoms with Gasteiger partial charge in [0.25, 0.3) is 0 Å². The minimum Gasteiger partial charge on any atom is -0.480 e. The topological polar surface area (TPSA) is 193 Å². The van der Waals surface area contributed by atoms with Gasteiger partial charge >= 0.3 is 35.8 Å². The van der Waals surface area contributed by atoms with Crippen molar-refractivity contribution in [2.75, 3.05) is 0 Å². The second kappa shape index (κ2) is 7.86. The van der Waals surface area contributed by atoms with Crippen LogP contribution in [0.1, 0.15) is 38.5 Å². The summed E-state index contributed by atoms with van der Waals surface area (Å²) in [5, 5.41) is 37.8. The highest BCUT2D eigenvalue weighted by Gasteiger charge is 2.59. The number of carbonyl (C=O) groups excluding carboxylic acids is 2. The molecule has 0 aromatic heterocycles. The number of esters is 2. The molecule has 2 atom stereocenters. The monoisotopic (exact) mass is 410 g/mol. The molecule has 0 heterocycles. The van der Waals surface area contributed by atoms with E-state index in [1.807, 2.05) is 0 Å². The summed E-state index contributed by atoms with van der Waals surface area (Å²) >= 11 is 0. The van der Waals surface area contributed by atoms with Gasteiger partial charge in [-0.25, -0.2) is 19.2 Å². The van der Waals surface area contributed by atoms with E-state index in [0.29, 0.717) is 0 Å². The summed E-state index contributed by atoms with van der Waals surface area (Å²) in [5.74, 6) is -10.7. The SMILES string of the molecule is O=C(O)C1=CCCCC1(C(=O)O)C(=O)OC(=O)C1(C(=O)O)CCCC=C1C(=O)O. The standard InChI is InChI=1S/C18H18O11/c19-11(20)9-5-1-3-7-17(9,13(23)24)15(27)29-16(28)18(14(25)26)8-4-2-6-10(18)12(21)22/h5-6H,1-4,7-8H2,(H,19,20)(H,21,22)(H,23,24)(H,25,26). The predicted molar refractivity (Wildman–Crippen MR) is 90.4 cm³/mol. The van der Waals surface area contributed by atoms with E-state index in [0.717, 1.165) is 12.2 Å². The fourth-order valence-corrected chi connectivity index (χ4v) is 3.69. The molecular weight excluding hydrogens is 392 g/mol. The Bertz CT molecular complexity index is 795. The molecule has 2 aliphatic rings. The summed E-state index contributed by atoms with van der Waals surface area (Å²) < 4.78 is 4.57. The van der Waals surface area contributed by atoms with Crippen LogP contribution in [-0.2, 0) is 33.5 Å². The fraction of sp³-hybridized carbons (Fsp3) is 0.444. The van der Waals surface area contributed by atoms with Crippen molar-refractivity contribution < 1.29 is 53.9 Å². The third-order valence-corrected chi connectivity index (χ3v) is 5.20. The highest BCUT2D eigenvalue weighted by molar-refractivity contribution is 6.17. The summed E-state index contributed by atoms with van der Waals surface area (Å²) in [7, 11) is 0. The first-order chi connectivity index (χ1) is 13.5. The average molecular weight is 410 g/mol. The lowest BCUT2D eigenvalue weighted by molar-refractivity contribution is -0.181. The van der Waals surface area contributed by atoms with Crippen molar-refractivity contribution in [3.05, 3.63) is 23.3 Å². The van der Waals surface area contributed by atoms with E-state index in [1.165, 1.54) is 0 Å².